The van der Waals surface area contributed by atoms with Gasteiger partial charge >= 0.3 is 0 Å². The second-order valence-corrected chi connectivity index (χ2v) is 3.18. The molecule has 6 heavy (non-hydrogen) atoms. The molecule has 2 heteroatoms. The molecule has 0 aliphatic carbocycles. The van der Waals surface area contributed by atoms with Crippen LogP contribution in [0, 0.1) is 0 Å². The molecule has 1 nitrogen and oxygen atoms in total. The number of thiol groups is 1. The van der Waals surface area contributed by atoms with E-state index in [1.54, 1.807) is 0 Å². The Balaban J connectivity index is 3.17. The largest absolute Gasteiger partial charge is 0.395 e. The van der Waals surface area contributed by atoms with Crippen LogP contribution < -0.4 is 0 Å². The maximum Gasteiger partial charge on any atom is 0.0570 e. The van der Waals surface area contributed by atoms with Gasteiger partial charge in [0.15, 0.2) is 0 Å². The zero-order chi connectivity index (χ0) is 5.21. The fraction of sp³-hybridized carbons (Fsp3) is 1.00. The third-order valence-corrected chi connectivity index (χ3v) is 0.528. The minimum absolute atomic E-state index is 0.135. The highest BCUT2D eigenvalue weighted by Crippen LogP contribution is 2.08. The first kappa shape index (κ1) is 6.31. The van der Waals surface area contributed by atoms with E-state index in [9.17, 15) is 0 Å². The molecule has 0 heterocycles. The molecule has 0 saturated carbocycles. The standard InChI is InChI=1S/C4H10OS/c1-4(2,6)3-5/h5-6H,3H2,1-2H3. The molecule has 0 rings (SSSR count). The number of hydrogen-bond acceptors (Lipinski definition) is 2. The highest BCUT2D eigenvalue weighted by Gasteiger charge is 2.06. The Morgan fingerprint density at radius 2 is 1.83 bits per heavy atom. The molecule has 0 aromatic carbocycles. The molecule has 0 amide bonds. The zero-order valence-corrected chi connectivity index (χ0v) is 5.00. The molecule has 0 unspecified atom stereocenters. The fourth-order valence-corrected chi connectivity index (χ4v) is 0. The van der Waals surface area contributed by atoms with Crippen LogP contribution in [0.25, 0.3) is 0 Å². The Morgan fingerprint density at radius 3 is 1.83 bits per heavy atom. The lowest BCUT2D eigenvalue weighted by atomic mass is 10.2. The SMILES string of the molecule is CC(C)(S)CO. The number of aliphatic hydroxyl groups excluding tert-OH is 1. The van der Waals surface area contributed by atoms with Gasteiger partial charge in [-0.25, -0.2) is 0 Å². The molecular weight excluding hydrogens is 96.1 g/mol. The van der Waals surface area contributed by atoms with Crippen molar-refractivity contribution in [1.29, 1.82) is 0 Å². The van der Waals surface area contributed by atoms with Gasteiger partial charge in [-0.3, -0.25) is 0 Å². The maximum absolute atomic E-state index is 8.33. The van der Waals surface area contributed by atoms with Gasteiger partial charge in [0, 0.05) is 4.75 Å². The van der Waals surface area contributed by atoms with Crippen molar-refractivity contribution in [2.45, 2.75) is 18.6 Å². The average molecular weight is 106 g/mol. The van der Waals surface area contributed by atoms with Crippen LogP contribution in [0.15, 0.2) is 0 Å². The fourth-order valence-electron chi connectivity index (χ4n) is 0. The predicted octanol–water partition coefficient (Wildman–Crippen LogP) is 0.687. The molecule has 0 radical (unpaired) electrons. The van der Waals surface area contributed by atoms with E-state index in [1.165, 1.54) is 0 Å². The average Bonchev–Trinajstić information content (AvgIpc) is 1.35. The first-order valence-corrected chi connectivity index (χ1v) is 2.34. The molecule has 0 aliphatic rings. The van der Waals surface area contributed by atoms with Gasteiger partial charge in [0.05, 0.1) is 6.61 Å². The molecule has 0 atom stereocenters. The van der Waals surface area contributed by atoms with Crippen molar-refractivity contribution in [3.05, 3.63) is 0 Å². The summed E-state index contributed by atoms with van der Waals surface area (Å²) in [6.45, 7) is 3.85. The van der Waals surface area contributed by atoms with Crippen molar-refractivity contribution in [3.8, 4) is 0 Å². The van der Waals surface area contributed by atoms with Gasteiger partial charge in [0.25, 0.3) is 0 Å². The van der Waals surface area contributed by atoms with Crippen LogP contribution in [0.5, 0.6) is 0 Å². The van der Waals surface area contributed by atoms with E-state index in [1.807, 2.05) is 13.8 Å². The van der Waals surface area contributed by atoms with Crippen LogP contribution >= 0.6 is 12.6 Å². The molecule has 1 N–H and O–H groups in total. The Bertz CT molecular complexity index is 37.3. The Morgan fingerprint density at radius 1 is 1.67 bits per heavy atom. The van der Waals surface area contributed by atoms with Crippen molar-refractivity contribution in [3.63, 3.8) is 0 Å². The van der Waals surface area contributed by atoms with E-state index in [0.29, 0.717) is 0 Å². The minimum atomic E-state index is -0.208. The van der Waals surface area contributed by atoms with Gasteiger partial charge in [0.1, 0.15) is 0 Å². The third kappa shape index (κ3) is 4.31. The number of rotatable bonds is 1. The van der Waals surface area contributed by atoms with E-state index < -0.39 is 0 Å². The molecule has 0 aliphatic heterocycles. The van der Waals surface area contributed by atoms with Crippen molar-refractivity contribution in [2.24, 2.45) is 0 Å². The first-order chi connectivity index (χ1) is 2.56. The smallest absolute Gasteiger partial charge is 0.0570 e. The second kappa shape index (κ2) is 1.85. The van der Waals surface area contributed by atoms with Crippen LogP contribution in [0.2, 0.25) is 0 Å². The van der Waals surface area contributed by atoms with Gasteiger partial charge < -0.3 is 5.11 Å². The normalized spacial score (nSPS) is 12.0. The highest BCUT2D eigenvalue weighted by molar-refractivity contribution is 7.81. The first-order valence-electron chi connectivity index (χ1n) is 1.89. The summed E-state index contributed by atoms with van der Waals surface area (Å²) in [6.07, 6.45) is 0. The van der Waals surface area contributed by atoms with Crippen LogP contribution in [0.1, 0.15) is 13.8 Å². The van der Waals surface area contributed by atoms with Crippen LogP contribution in [-0.2, 0) is 0 Å². The van der Waals surface area contributed by atoms with Crippen molar-refractivity contribution >= 4 is 12.6 Å². The Labute approximate surface area is 43.8 Å². The minimum Gasteiger partial charge on any atom is -0.395 e. The van der Waals surface area contributed by atoms with E-state index in [4.69, 9.17) is 5.11 Å². The summed E-state index contributed by atoms with van der Waals surface area (Å²) in [5.74, 6) is 0. The Hall–Kier alpha value is 0.310. The summed E-state index contributed by atoms with van der Waals surface area (Å²) < 4.78 is -0.208. The summed E-state index contributed by atoms with van der Waals surface area (Å²) in [7, 11) is 0. The van der Waals surface area contributed by atoms with Gasteiger partial charge in [-0.2, -0.15) is 12.6 Å². The molecule has 0 bridgehead atoms. The van der Waals surface area contributed by atoms with E-state index in [-0.39, 0.29) is 11.4 Å². The van der Waals surface area contributed by atoms with Crippen LogP contribution in [0.4, 0.5) is 0 Å². The maximum atomic E-state index is 8.33. The molecule has 0 aromatic heterocycles. The predicted molar refractivity (Wildman–Crippen MR) is 30.2 cm³/mol. The lowest BCUT2D eigenvalue weighted by molar-refractivity contribution is 0.266. The van der Waals surface area contributed by atoms with Crippen molar-refractivity contribution < 1.29 is 5.11 Å². The van der Waals surface area contributed by atoms with Gasteiger partial charge in [-0.1, -0.05) is 0 Å². The quantitative estimate of drug-likeness (QED) is 0.471. The summed E-state index contributed by atoms with van der Waals surface area (Å²) in [5, 5.41) is 8.33. The third-order valence-electron chi connectivity index (χ3n) is 0.387. The van der Waals surface area contributed by atoms with Gasteiger partial charge in [-0.15, -0.1) is 0 Å². The molecule has 0 saturated heterocycles. The van der Waals surface area contributed by atoms with Crippen LogP contribution in [0.3, 0.4) is 0 Å². The Kier molecular flexibility index (Phi) is 1.94. The monoisotopic (exact) mass is 106 g/mol. The van der Waals surface area contributed by atoms with Gasteiger partial charge in [0.2, 0.25) is 0 Å². The lowest BCUT2D eigenvalue weighted by Crippen LogP contribution is -2.15. The number of hydrogen-bond donors (Lipinski definition) is 2. The lowest BCUT2D eigenvalue weighted by Gasteiger charge is -2.10. The van der Waals surface area contributed by atoms with Crippen LogP contribution in [-0.4, -0.2) is 16.5 Å². The summed E-state index contributed by atoms with van der Waals surface area (Å²) in [6, 6.07) is 0. The van der Waals surface area contributed by atoms with E-state index in [0.717, 1.165) is 0 Å². The van der Waals surface area contributed by atoms with E-state index >= 15 is 0 Å². The van der Waals surface area contributed by atoms with E-state index in [2.05, 4.69) is 12.6 Å². The van der Waals surface area contributed by atoms with Gasteiger partial charge in [-0.05, 0) is 13.8 Å². The molecule has 0 aromatic rings. The number of aliphatic hydroxyl groups is 1. The zero-order valence-electron chi connectivity index (χ0n) is 4.10. The van der Waals surface area contributed by atoms with Crippen molar-refractivity contribution in [2.75, 3.05) is 6.61 Å². The summed E-state index contributed by atoms with van der Waals surface area (Å²) in [5.41, 5.74) is 0. The summed E-state index contributed by atoms with van der Waals surface area (Å²) >= 11 is 4.00. The molecule has 0 fully saturated rings. The molecule has 0 spiro atoms. The topological polar surface area (TPSA) is 20.2 Å². The second-order valence-electron chi connectivity index (χ2n) is 1.97. The molecular formula is C4H10OS. The summed E-state index contributed by atoms with van der Waals surface area (Å²) in [4.78, 5) is 0. The highest BCUT2D eigenvalue weighted by atomic mass is 32.1. The molecule has 38 valence electrons. The van der Waals surface area contributed by atoms with Crippen molar-refractivity contribution in [1.82, 2.24) is 0 Å².